The van der Waals surface area contributed by atoms with Gasteiger partial charge in [0.25, 0.3) is 5.91 Å². The van der Waals surface area contributed by atoms with E-state index in [2.05, 4.69) is 0 Å². The third kappa shape index (κ3) is 4.23. The summed E-state index contributed by atoms with van der Waals surface area (Å²) in [4.78, 5) is 24.9. The number of carbonyl (C=O) groups excluding carboxylic acids is 1. The number of carboxylic acids is 1. The first-order valence-corrected chi connectivity index (χ1v) is 8.41. The summed E-state index contributed by atoms with van der Waals surface area (Å²) in [6.45, 7) is 0.0359. The van der Waals surface area contributed by atoms with Crippen molar-refractivity contribution in [3.05, 3.63) is 22.6 Å². The lowest BCUT2D eigenvalue weighted by Crippen LogP contribution is -2.30. The van der Waals surface area contributed by atoms with E-state index in [9.17, 15) is 9.59 Å². The van der Waals surface area contributed by atoms with Crippen LogP contribution in [-0.2, 0) is 9.59 Å². The molecule has 0 spiro atoms. The highest BCUT2D eigenvalue weighted by molar-refractivity contribution is 8.26. The number of ether oxygens (including phenoxy) is 3. The second kappa shape index (κ2) is 8.21. The van der Waals surface area contributed by atoms with Crippen LogP contribution in [0.4, 0.5) is 0 Å². The van der Waals surface area contributed by atoms with Gasteiger partial charge in [0.2, 0.25) is 0 Å². The number of hydrogen-bond donors (Lipinski definition) is 1. The molecule has 0 bridgehead atoms. The molecule has 7 nitrogen and oxygen atoms in total. The molecule has 0 aromatic heterocycles. The Kier molecular flexibility index (Phi) is 6.27. The number of amides is 1. The molecule has 0 atom stereocenters. The van der Waals surface area contributed by atoms with Crippen molar-refractivity contribution in [2.45, 2.75) is 6.42 Å². The number of nitrogens with zero attached hydrogens (tertiary/aromatic N) is 1. The van der Waals surface area contributed by atoms with Crippen LogP contribution in [0.25, 0.3) is 6.08 Å². The molecule has 1 aliphatic heterocycles. The first-order chi connectivity index (χ1) is 11.9. The Labute approximate surface area is 154 Å². The molecule has 9 heteroatoms. The molecule has 1 N–H and O–H groups in total. The molecule has 1 saturated heterocycles. The maximum Gasteiger partial charge on any atom is 0.305 e. The standard InChI is InChI=1S/C16H17NO6S2/c1-21-9-6-11(22-2)10(12(7-9)23-3)8-13-15(20)17(16(24)25-13)5-4-14(18)19/h6-8H,4-5H2,1-3H3,(H,18,19)/b13-8+. The smallest absolute Gasteiger partial charge is 0.305 e. The van der Waals surface area contributed by atoms with Gasteiger partial charge in [-0.25, -0.2) is 0 Å². The van der Waals surface area contributed by atoms with Crippen LogP contribution in [0.3, 0.4) is 0 Å². The molecule has 1 aromatic rings. The van der Waals surface area contributed by atoms with Crippen LogP contribution in [-0.4, -0.2) is 54.1 Å². The summed E-state index contributed by atoms with van der Waals surface area (Å²) in [5, 5.41) is 8.79. The second-order valence-corrected chi connectivity index (χ2v) is 6.60. The zero-order valence-corrected chi connectivity index (χ0v) is 15.5. The number of rotatable bonds is 7. The Balaban J connectivity index is 2.38. The number of thiocarbonyl (C=S) groups is 1. The van der Waals surface area contributed by atoms with E-state index in [1.807, 2.05) is 0 Å². The zero-order valence-electron chi connectivity index (χ0n) is 13.9. The number of thioether (sulfide) groups is 1. The lowest BCUT2D eigenvalue weighted by atomic mass is 10.1. The minimum atomic E-state index is -0.989. The lowest BCUT2D eigenvalue weighted by Gasteiger charge is -2.13. The van der Waals surface area contributed by atoms with Crippen molar-refractivity contribution >= 4 is 46.3 Å². The fraction of sp³-hybridized carbons (Fsp3) is 0.312. The van der Waals surface area contributed by atoms with E-state index >= 15 is 0 Å². The van der Waals surface area contributed by atoms with Crippen molar-refractivity contribution in [2.75, 3.05) is 27.9 Å². The molecular formula is C16H17NO6S2. The van der Waals surface area contributed by atoms with Gasteiger partial charge in [0.1, 0.15) is 21.6 Å². The summed E-state index contributed by atoms with van der Waals surface area (Å²) in [6, 6.07) is 3.36. The maximum absolute atomic E-state index is 12.5. The van der Waals surface area contributed by atoms with Crippen molar-refractivity contribution in [1.82, 2.24) is 4.90 Å². The summed E-state index contributed by atoms with van der Waals surface area (Å²) in [6.07, 6.45) is 1.45. The number of methoxy groups -OCH3 is 3. The van der Waals surface area contributed by atoms with Gasteiger partial charge in [0, 0.05) is 18.7 Å². The Morgan fingerprint density at radius 2 is 1.84 bits per heavy atom. The summed E-state index contributed by atoms with van der Waals surface area (Å²) < 4.78 is 16.2. The molecule has 1 aromatic carbocycles. The second-order valence-electron chi connectivity index (χ2n) is 4.92. The van der Waals surface area contributed by atoms with Crippen molar-refractivity contribution in [2.24, 2.45) is 0 Å². The Hall–Kier alpha value is -2.26. The zero-order chi connectivity index (χ0) is 18.6. The van der Waals surface area contributed by atoms with E-state index in [4.69, 9.17) is 31.5 Å². The summed E-state index contributed by atoms with van der Waals surface area (Å²) >= 11 is 6.29. The molecule has 1 heterocycles. The molecule has 1 amide bonds. The molecule has 0 unspecified atom stereocenters. The number of benzene rings is 1. The predicted octanol–water partition coefficient (Wildman–Crippen LogP) is 2.39. The Bertz CT molecular complexity index is 721. The molecule has 0 radical (unpaired) electrons. The van der Waals surface area contributed by atoms with E-state index in [1.54, 1.807) is 18.2 Å². The largest absolute Gasteiger partial charge is 0.496 e. The van der Waals surface area contributed by atoms with Gasteiger partial charge in [-0.2, -0.15) is 0 Å². The van der Waals surface area contributed by atoms with Crippen molar-refractivity contribution in [3.63, 3.8) is 0 Å². The van der Waals surface area contributed by atoms with Crippen LogP contribution in [0.5, 0.6) is 17.2 Å². The number of carboxylic acid groups (broad SMARTS) is 1. The van der Waals surface area contributed by atoms with Gasteiger partial charge in [-0.15, -0.1) is 0 Å². The van der Waals surface area contributed by atoms with Gasteiger partial charge in [-0.3, -0.25) is 14.5 Å². The molecule has 2 rings (SSSR count). The van der Waals surface area contributed by atoms with Gasteiger partial charge in [-0.05, 0) is 6.08 Å². The molecule has 134 valence electrons. The SMILES string of the molecule is COc1cc(OC)c(/C=C2/SC(=S)N(CCC(=O)O)C2=O)c(OC)c1. The monoisotopic (exact) mass is 383 g/mol. The fourth-order valence-corrected chi connectivity index (χ4v) is 3.50. The summed E-state index contributed by atoms with van der Waals surface area (Å²) in [5.41, 5.74) is 0.574. The Morgan fingerprint density at radius 1 is 1.24 bits per heavy atom. The summed E-state index contributed by atoms with van der Waals surface area (Å²) in [7, 11) is 4.54. The van der Waals surface area contributed by atoms with E-state index in [-0.39, 0.29) is 18.9 Å². The average Bonchev–Trinajstić information content (AvgIpc) is 2.86. The average molecular weight is 383 g/mol. The van der Waals surface area contributed by atoms with Gasteiger partial charge in [0.05, 0.1) is 38.2 Å². The minimum absolute atomic E-state index is 0.0359. The van der Waals surface area contributed by atoms with Gasteiger partial charge in [0.15, 0.2) is 0 Å². The van der Waals surface area contributed by atoms with Crippen molar-refractivity contribution < 1.29 is 28.9 Å². The third-order valence-electron chi connectivity index (χ3n) is 3.45. The number of hydrogen-bond acceptors (Lipinski definition) is 7. The minimum Gasteiger partial charge on any atom is -0.496 e. The normalized spacial score (nSPS) is 15.6. The van der Waals surface area contributed by atoms with Crippen LogP contribution in [0.15, 0.2) is 17.0 Å². The Morgan fingerprint density at radius 3 is 2.32 bits per heavy atom. The molecular weight excluding hydrogens is 366 g/mol. The van der Waals surface area contributed by atoms with Crippen LogP contribution in [0, 0.1) is 0 Å². The fourth-order valence-electron chi connectivity index (χ4n) is 2.21. The molecule has 1 fully saturated rings. The quantitative estimate of drug-likeness (QED) is 0.567. The molecule has 0 aliphatic carbocycles. The van der Waals surface area contributed by atoms with E-state index in [1.165, 1.54) is 26.2 Å². The van der Waals surface area contributed by atoms with Gasteiger partial charge < -0.3 is 19.3 Å². The number of aliphatic carboxylic acids is 1. The first kappa shape index (κ1) is 19.1. The number of carbonyl (C=O) groups is 2. The van der Waals surface area contributed by atoms with Crippen LogP contribution < -0.4 is 14.2 Å². The van der Waals surface area contributed by atoms with E-state index < -0.39 is 5.97 Å². The highest BCUT2D eigenvalue weighted by atomic mass is 32.2. The van der Waals surface area contributed by atoms with E-state index in [0.717, 1.165) is 11.8 Å². The predicted molar refractivity (Wildman–Crippen MR) is 98.2 cm³/mol. The molecule has 25 heavy (non-hydrogen) atoms. The molecule has 0 saturated carbocycles. The van der Waals surface area contributed by atoms with Gasteiger partial charge in [-0.1, -0.05) is 24.0 Å². The maximum atomic E-state index is 12.5. The third-order valence-corrected chi connectivity index (χ3v) is 4.83. The molecule has 1 aliphatic rings. The van der Waals surface area contributed by atoms with Crippen LogP contribution >= 0.6 is 24.0 Å². The van der Waals surface area contributed by atoms with Crippen molar-refractivity contribution in [3.8, 4) is 17.2 Å². The topological polar surface area (TPSA) is 85.3 Å². The summed E-state index contributed by atoms with van der Waals surface area (Å²) in [5.74, 6) is 0.187. The highest BCUT2D eigenvalue weighted by Crippen LogP contribution is 2.39. The highest BCUT2D eigenvalue weighted by Gasteiger charge is 2.32. The first-order valence-electron chi connectivity index (χ1n) is 7.18. The van der Waals surface area contributed by atoms with Crippen LogP contribution in [0.1, 0.15) is 12.0 Å². The van der Waals surface area contributed by atoms with Crippen molar-refractivity contribution in [1.29, 1.82) is 0 Å². The van der Waals surface area contributed by atoms with E-state index in [0.29, 0.717) is 32.0 Å². The lowest BCUT2D eigenvalue weighted by molar-refractivity contribution is -0.137. The van der Waals surface area contributed by atoms with Gasteiger partial charge >= 0.3 is 5.97 Å². The van der Waals surface area contributed by atoms with Crippen LogP contribution in [0.2, 0.25) is 0 Å².